The van der Waals surface area contributed by atoms with E-state index in [2.05, 4.69) is 0 Å². The van der Waals surface area contributed by atoms with Crippen LogP contribution < -0.4 is 10.2 Å². The first-order valence-electron chi connectivity index (χ1n) is 5.73. The van der Waals surface area contributed by atoms with Gasteiger partial charge in [0.2, 0.25) is 0 Å². The van der Waals surface area contributed by atoms with Gasteiger partial charge in [-0.3, -0.25) is 0 Å². The molecule has 20 heavy (non-hydrogen) atoms. The third-order valence-electron chi connectivity index (χ3n) is 2.63. The molecule has 0 aromatic heterocycles. The van der Waals surface area contributed by atoms with E-state index in [-0.39, 0.29) is 6.61 Å². The molecule has 0 aliphatic heterocycles. The van der Waals surface area contributed by atoms with Crippen molar-refractivity contribution in [3.63, 3.8) is 0 Å². The van der Waals surface area contributed by atoms with Crippen LogP contribution in [0.5, 0.6) is 5.75 Å². The van der Waals surface area contributed by atoms with Crippen molar-refractivity contribution in [3.8, 4) is 5.75 Å². The van der Waals surface area contributed by atoms with E-state index < -0.39 is 29.8 Å². The molecule has 2 aromatic carbocycles. The molecular weight excluding hydrogens is 278 g/mol. The lowest BCUT2D eigenvalue weighted by Crippen LogP contribution is -2.35. The molecule has 1 nitrogen and oxygen atoms in total. The molecule has 0 N–H and O–H groups in total. The van der Waals surface area contributed by atoms with E-state index in [9.17, 15) is 21.7 Å². The zero-order valence-electron chi connectivity index (χ0n) is 10.1. The number of rotatable bonds is 4. The van der Waals surface area contributed by atoms with Crippen LogP contribution in [0.15, 0.2) is 42.5 Å². The fourth-order valence-corrected chi connectivity index (χ4v) is 1.65. The van der Waals surface area contributed by atoms with Crippen LogP contribution in [0.25, 0.3) is 0 Å². The van der Waals surface area contributed by atoms with Crippen molar-refractivity contribution in [2.75, 3.05) is 0 Å². The van der Waals surface area contributed by atoms with E-state index in [0.717, 1.165) is 12.1 Å². The van der Waals surface area contributed by atoms with Crippen molar-refractivity contribution >= 4 is 12.4 Å². The minimum Gasteiger partial charge on any atom is -0.492 e. The summed E-state index contributed by atoms with van der Waals surface area (Å²) in [5.41, 5.74) is -0.608. The maximum absolute atomic E-state index is 12.9. The van der Waals surface area contributed by atoms with E-state index >= 15 is 0 Å². The van der Waals surface area contributed by atoms with E-state index in [1.165, 1.54) is 24.3 Å². The zero-order chi connectivity index (χ0) is 14.8. The second kappa shape index (κ2) is 5.52. The molecule has 0 fully saturated rings. The molecule has 0 aliphatic rings. The molecule has 7 heteroatoms. The number of ether oxygens (including phenoxy) is 1. The molecule has 0 aliphatic carbocycles. The number of halogens is 5. The molecule has 0 unspecified atom stereocenters. The molecule has 0 heterocycles. The van der Waals surface area contributed by atoms with Crippen molar-refractivity contribution < 1.29 is 26.5 Å². The van der Waals surface area contributed by atoms with Gasteiger partial charge in [0.15, 0.2) is 0 Å². The second-order valence-electron chi connectivity index (χ2n) is 4.17. The summed E-state index contributed by atoms with van der Waals surface area (Å²) in [5, 5.41) is 0. The van der Waals surface area contributed by atoms with Crippen LogP contribution in [0.1, 0.15) is 5.56 Å². The van der Waals surface area contributed by atoms with Gasteiger partial charge in [-0.1, -0.05) is 17.6 Å². The Balaban J connectivity index is 2.19. The maximum Gasteiger partial charge on any atom is 0.513 e. The highest BCUT2D eigenvalue weighted by molar-refractivity contribution is 6.74. The summed E-state index contributed by atoms with van der Waals surface area (Å²) in [6.45, 7) is -5.53. The van der Waals surface area contributed by atoms with Crippen LogP contribution in [0.4, 0.5) is 21.7 Å². The standard InChI is InChI=1S/C13H9BF5O/c15-10-3-1-9(2-4-10)8-20-13-6-5-11(16)7-12(13)14(17,18)19/h1-7H,8H2/q-1. The van der Waals surface area contributed by atoms with Gasteiger partial charge in [-0.2, -0.15) is 0 Å². The Morgan fingerprint density at radius 2 is 1.45 bits per heavy atom. The smallest absolute Gasteiger partial charge is 0.492 e. The molecule has 0 saturated carbocycles. The molecule has 0 radical (unpaired) electrons. The third kappa shape index (κ3) is 3.49. The van der Waals surface area contributed by atoms with Gasteiger partial charge in [-0.15, -0.1) is 0 Å². The van der Waals surface area contributed by atoms with Gasteiger partial charge in [0, 0.05) is 0 Å². The predicted octanol–water partition coefficient (Wildman–Crippen LogP) is 3.60. The monoisotopic (exact) mass is 287 g/mol. The average molecular weight is 287 g/mol. The van der Waals surface area contributed by atoms with E-state index in [0.29, 0.717) is 11.6 Å². The summed E-state index contributed by atoms with van der Waals surface area (Å²) in [5.74, 6) is -1.87. The minimum absolute atomic E-state index is 0.162. The number of benzene rings is 2. The van der Waals surface area contributed by atoms with Gasteiger partial charge in [0.1, 0.15) is 18.2 Å². The molecule has 2 rings (SSSR count). The van der Waals surface area contributed by atoms with Crippen LogP contribution in [0.3, 0.4) is 0 Å². The fraction of sp³-hybridized carbons (Fsp3) is 0.0769. The lowest BCUT2D eigenvalue weighted by atomic mass is 9.79. The normalized spacial score (nSPS) is 11.4. The largest absolute Gasteiger partial charge is 0.513 e. The van der Waals surface area contributed by atoms with Crippen LogP contribution in [0.2, 0.25) is 0 Å². The first-order chi connectivity index (χ1) is 9.36. The summed E-state index contributed by atoms with van der Waals surface area (Å²) in [6.07, 6.45) is 0. The summed E-state index contributed by atoms with van der Waals surface area (Å²) in [4.78, 5) is 0. The van der Waals surface area contributed by atoms with Gasteiger partial charge in [-0.25, -0.2) is 8.78 Å². The van der Waals surface area contributed by atoms with Crippen LogP contribution in [-0.2, 0) is 6.61 Å². The Morgan fingerprint density at radius 1 is 0.850 bits per heavy atom. The Morgan fingerprint density at radius 3 is 2.05 bits per heavy atom. The lowest BCUT2D eigenvalue weighted by molar-refractivity contribution is 0.306. The molecule has 0 atom stereocenters. The maximum atomic E-state index is 12.9. The summed E-state index contributed by atoms with van der Waals surface area (Å²) in [7, 11) is 0. The van der Waals surface area contributed by atoms with Crippen LogP contribution >= 0.6 is 0 Å². The van der Waals surface area contributed by atoms with Crippen molar-refractivity contribution in [1.29, 1.82) is 0 Å². The van der Waals surface area contributed by atoms with E-state index in [1.807, 2.05) is 0 Å². The van der Waals surface area contributed by atoms with E-state index in [4.69, 9.17) is 4.74 Å². The number of hydrogen-bond acceptors (Lipinski definition) is 1. The third-order valence-corrected chi connectivity index (χ3v) is 2.63. The summed E-state index contributed by atoms with van der Waals surface area (Å²) < 4.78 is 69.0. The SMILES string of the molecule is Fc1ccc(COc2ccc(F)cc2[B-](F)(F)F)cc1. The molecule has 0 bridgehead atoms. The van der Waals surface area contributed by atoms with E-state index in [1.54, 1.807) is 0 Å². The van der Waals surface area contributed by atoms with Crippen molar-refractivity contribution in [2.24, 2.45) is 0 Å². The molecule has 106 valence electrons. The van der Waals surface area contributed by atoms with Crippen LogP contribution in [0, 0.1) is 11.6 Å². The molecular formula is C13H9BF5O-. The molecule has 2 aromatic rings. The second-order valence-corrected chi connectivity index (χ2v) is 4.17. The zero-order valence-corrected chi connectivity index (χ0v) is 10.1. The van der Waals surface area contributed by atoms with Gasteiger partial charge in [-0.05, 0) is 35.9 Å². The highest BCUT2D eigenvalue weighted by Gasteiger charge is 2.29. The Hall–Kier alpha value is -2.05. The van der Waals surface area contributed by atoms with Gasteiger partial charge in [0.25, 0.3) is 0 Å². The topological polar surface area (TPSA) is 9.23 Å². The highest BCUT2D eigenvalue weighted by atomic mass is 19.4. The van der Waals surface area contributed by atoms with Crippen molar-refractivity contribution in [2.45, 2.75) is 6.61 Å². The Kier molecular flexibility index (Phi) is 3.97. The first-order valence-corrected chi connectivity index (χ1v) is 5.73. The summed E-state index contributed by atoms with van der Waals surface area (Å²) in [6, 6.07) is 7.39. The van der Waals surface area contributed by atoms with Gasteiger partial charge >= 0.3 is 6.98 Å². The minimum atomic E-state index is -5.37. The average Bonchev–Trinajstić information content (AvgIpc) is 2.38. The Labute approximate surface area is 112 Å². The Bertz CT molecular complexity index is 595. The number of hydrogen-bond donors (Lipinski definition) is 0. The summed E-state index contributed by atoms with van der Waals surface area (Å²) >= 11 is 0. The fourth-order valence-electron chi connectivity index (χ4n) is 1.65. The van der Waals surface area contributed by atoms with Crippen molar-refractivity contribution in [3.05, 3.63) is 59.7 Å². The quantitative estimate of drug-likeness (QED) is 0.616. The molecule has 0 saturated heterocycles. The predicted molar refractivity (Wildman–Crippen MR) is 65.8 cm³/mol. The van der Waals surface area contributed by atoms with Crippen molar-refractivity contribution in [1.82, 2.24) is 0 Å². The van der Waals surface area contributed by atoms with Gasteiger partial charge < -0.3 is 17.7 Å². The lowest BCUT2D eigenvalue weighted by Gasteiger charge is -2.20. The highest BCUT2D eigenvalue weighted by Crippen LogP contribution is 2.20. The van der Waals surface area contributed by atoms with Crippen LogP contribution in [-0.4, -0.2) is 6.98 Å². The molecule has 0 amide bonds. The first kappa shape index (κ1) is 14.4. The van der Waals surface area contributed by atoms with Gasteiger partial charge in [0.05, 0.1) is 5.75 Å². The molecule has 0 spiro atoms.